The van der Waals surface area contributed by atoms with Crippen LogP contribution in [0.4, 0.5) is 11.4 Å². The highest BCUT2D eigenvalue weighted by Gasteiger charge is 2.06. The number of rotatable bonds is 5. The van der Waals surface area contributed by atoms with Gasteiger partial charge in [0.25, 0.3) is 0 Å². The minimum atomic E-state index is -0.0391. The normalized spacial score (nSPS) is 10.4. The third-order valence-electron chi connectivity index (χ3n) is 2.99. The van der Waals surface area contributed by atoms with Gasteiger partial charge in [-0.25, -0.2) is 0 Å². The number of thioether (sulfide) groups is 1. The monoisotopic (exact) mass is 320 g/mol. The van der Waals surface area contributed by atoms with E-state index < -0.39 is 0 Å². The van der Waals surface area contributed by atoms with Gasteiger partial charge in [0, 0.05) is 22.8 Å². The Labute approximate surface area is 133 Å². The molecule has 0 atom stereocenters. The molecule has 2 rings (SSSR count). The van der Waals surface area contributed by atoms with E-state index in [9.17, 15) is 4.79 Å². The van der Waals surface area contributed by atoms with E-state index in [0.29, 0.717) is 22.9 Å². The number of nitrogens with one attached hydrogen (secondary N) is 1. The van der Waals surface area contributed by atoms with Gasteiger partial charge in [-0.2, -0.15) is 0 Å². The van der Waals surface area contributed by atoms with Crippen molar-refractivity contribution in [3.05, 3.63) is 53.1 Å². The molecular weight excluding hydrogens is 304 g/mol. The Balaban J connectivity index is 1.82. The lowest BCUT2D eigenvalue weighted by atomic mass is 10.2. The summed E-state index contributed by atoms with van der Waals surface area (Å²) in [6.45, 7) is 1.98. The zero-order valence-corrected chi connectivity index (χ0v) is 13.3. The van der Waals surface area contributed by atoms with Crippen LogP contribution in [-0.4, -0.2) is 11.7 Å². The molecule has 0 spiro atoms. The first-order chi connectivity index (χ1) is 10.1. The number of halogens is 1. The summed E-state index contributed by atoms with van der Waals surface area (Å²) >= 11 is 7.64. The van der Waals surface area contributed by atoms with Gasteiger partial charge in [0.05, 0.1) is 10.7 Å². The van der Waals surface area contributed by atoms with Crippen molar-refractivity contribution in [1.82, 2.24) is 0 Å². The number of hydrogen-bond donors (Lipinski definition) is 2. The van der Waals surface area contributed by atoms with E-state index in [1.807, 2.05) is 37.3 Å². The molecule has 0 heterocycles. The van der Waals surface area contributed by atoms with Crippen LogP contribution in [0.5, 0.6) is 0 Å². The minimum absolute atomic E-state index is 0.0391. The van der Waals surface area contributed by atoms with Crippen molar-refractivity contribution >= 4 is 40.6 Å². The van der Waals surface area contributed by atoms with Crippen LogP contribution in [0, 0.1) is 6.92 Å². The quantitative estimate of drug-likeness (QED) is 0.636. The van der Waals surface area contributed by atoms with Crippen molar-refractivity contribution in [3.63, 3.8) is 0 Å². The number of aryl methyl sites for hydroxylation is 1. The molecule has 0 fully saturated rings. The van der Waals surface area contributed by atoms with Crippen LogP contribution >= 0.6 is 23.4 Å². The molecule has 0 aromatic heterocycles. The summed E-state index contributed by atoms with van der Waals surface area (Å²) in [4.78, 5) is 13.0. The lowest BCUT2D eigenvalue weighted by Gasteiger charge is -2.07. The lowest BCUT2D eigenvalue weighted by Crippen LogP contribution is -2.12. The Morgan fingerprint density at radius 2 is 2.05 bits per heavy atom. The highest BCUT2D eigenvalue weighted by molar-refractivity contribution is 7.99. The van der Waals surface area contributed by atoms with Crippen molar-refractivity contribution in [2.75, 3.05) is 16.8 Å². The molecule has 110 valence electrons. The average molecular weight is 321 g/mol. The molecule has 0 bridgehead atoms. The van der Waals surface area contributed by atoms with Gasteiger partial charge < -0.3 is 11.1 Å². The maximum Gasteiger partial charge on any atom is 0.225 e. The summed E-state index contributed by atoms with van der Waals surface area (Å²) in [6.07, 6.45) is 0.430. The first-order valence-electron chi connectivity index (χ1n) is 6.59. The molecule has 0 aliphatic carbocycles. The largest absolute Gasteiger partial charge is 0.399 e. The molecular formula is C16H17ClN2OS. The van der Waals surface area contributed by atoms with E-state index in [-0.39, 0.29) is 5.91 Å². The van der Waals surface area contributed by atoms with E-state index >= 15 is 0 Å². The first-order valence-corrected chi connectivity index (χ1v) is 7.96. The SMILES string of the molecule is Cc1cc(SCCC(=O)Nc2ccccc2Cl)ccc1N. The Hall–Kier alpha value is -1.65. The first kappa shape index (κ1) is 15.7. The molecule has 0 saturated heterocycles. The zero-order chi connectivity index (χ0) is 15.2. The lowest BCUT2D eigenvalue weighted by molar-refractivity contribution is -0.115. The fourth-order valence-corrected chi connectivity index (χ4v) is 2.91. The van der Waals surface area contributed by atoms with E-state index in [0.717, 1.165) is 16.1 Å². The highest BCUT2D eigenvalue weighted by atomic mass is 35.5. The molecule has 0 radical (unpaired) electrons. The minimum Gasteiger partial charge on any atom is -0.399 e. The summed E-state index contributed by atoms with van der Waals surface area (Å²) in [6, 6.07) is 13.1. The summed E-state index contributed by atoms with van der Waals surface area (Å²) < 4.78 is 0. The van der Waals surface area contributed by atoms with Crippen molar-refractivity contribution in [1.29, 1.82) is 0 Å². The fourth-order valence-electron chi connectivity index (χ4n) is 1.77. The van der Waals surface area contributed by atoms with Crippen molar-refractivity contribution in [2.24, 2.45) is 0 Å². The van der Waals surface area contributed by atoms with E-state index in [2.05, 4.69) is 5.32 Å². The number of benzene rings is 2. The number of nitrogen functional groups attached to an aromatic ring is 1. The second-order valence-corrected chi connectivity index (χ2v) is 6.22. The second-order valence-electron chi connectivity index (χ2n) is 4.64. The van der Waals surface area contributed by atoms with Gasteiger partial charge in [-0.3, -0.25) is 4.79 Å². The Morgan fingerprint density at radius 1 is 1.29 bits per heavy atom. The smallest absolute Gasteiger partial charge is 0.225 e. The van der Waals surface area contributed by atoms with Crippen molar-refractivity contribution in [3.8, 4) is 0 Å². The number of nitrogens with two attached hydrogens (primary N) is 1. The third kappa shape index (κ3) is 4.69. The second kappa shape index (κ2) is 7.38. The summed E-state index contributed by atoms with van der Waals surface area (Å²) in [5.41, 5.74) is 8.27. The Bertz CT molecular complexity index is 646. The number of para-hydroxylation sites is 1. The van der Waals surface area contributed by atoms with E-state index in [1.165, 1.54) is 0 Å². The van der Waals surface area contributed by atoms with Crippen molar-refractivity contribution in [2.45, 2.75) is 18.2 Å². The highest BCUT2D eigenvalue weighted by Crippen LogP contribution is 2.24. The number of amides is 1. The molecule has 0 unspecified atom stereocenters. The summed E-state index contributed by atoms with van der Waals surface area (Å²) in [5, 5.41) is 3.36. The number of carbonyl (C=O) groups is 1. The molecule has 0 aliphatic heterocycles. The van der Waals surface area contributed by atoms with Gasteiger partial charge in [-0.05, 0) is 42.8 Å². The van der Waals surface area contributed by atoms with Gasteiger partial charge in [0.2, 0.25) is 5.91 Å². The Morgan fingerprint density at radius 3 is 2.76 bits per heavy atom. The predicted octanol–water partition coefficient (Wildman–Crippen LogP) is 4.35. The van der Waals surface area contributed by atoms with Gasteiger partial charge in [-0.1, -0.05) is 23.7 Å². The molecule has 3 N–H and O–H groups in total. The van der Waals surface area contributed by atoms with Crippen LogP contribution in [0.1, 0.15) is 12.0 Å². The van der Waals surface area contributed by atoms with Crippen LogP contribution in [0.15, 0.2) is 47.4 Å². The summed E-state index contributed by atoms with van der Waals surface area (Å²) in [5.74, 6) is 0.669. The molecule has 5 heteroatoms. The van der Waals surface area contributed by atoms with Gasteiger partial charge in [-0.15, -0.1) is 11.8 Å². The van der Waals surface area contributed by atoms with E-state index in [1.54, 1.807) is 23.9 Å². The molecule has 0 aliphatic rings. The fraction of sp³-hybridized carbons (Fsp3) is 0.188. The molecule has 1 amide bonds. The van der Waals surface area contributed by atoms with Crippen LogP contribution in [0.3, 0.4) is 0 Å². The van der Waals surface area contributed by atoms with Gasteiger partial charge in [0.1, 0.15) is 0 Å². The maximum atomic E-state index is 11.9. The standard InChI is InChI=1S/C16H17ClN2OS/c1-11-10-12(6-7-14(11)18)21-9-8-16(20)19-15-5-3-2-4-13(15)17/h2-7,10H,8-9,18H2,1H3,(H,19,20). The Kier molecular flexibility index (Phi) is 5.53. The van der Waals surface area contributed by atoms with Gasteiger partial charge >= 0.3 is 0 Å². The predicted molar refractivity (Wildman–Crippen MR) is 91.0 cm³/mol. The molecule has 3 nitrogen and oxygen atoms in total. The number of hydrogen-bond acceptors (Lipinski definition) is 3. The zero-order valence-electron chi connectivity index (χ0n) is 11.7. The third-order valence-corrected chi connectivity index (χ3v) is 4.31. The van der Waals surface area contributed by atoms with Crippen LogP contribution in [-0.2, 0) is 4.79 Å². The topological polar surface area (TPSA) is 55.1 Å². The van der Waals surface area contributed by atoms with Crippen LogP contribution < -0.4 is 11.1 Å². The average Bonchev–Trinajstić information content (AvgIpc) is 2.45. The van der Waals surface area contributed by atoms with Crippen LogP contribution in [0.25, 0.3) is 0 Å². The molecule has 21 heavy (non-hydrogen) atoms. The maximum absolute atomic E-state index is 11.9. The van der Waals surface area contributed by atoms with E-state index in [4.69, 9.17) is 17.3 Å². The number of carbonyl (C=O) groups excluding carboxylic acids is 1. The summed E-state index contributed by atoms with van der Waals surface area (Å²) in [7, 11) is 0. The van der Waals surface area contributed by atoms with Crippen LogP contribution in [0.2, 0.25) is 5.02 Å². The molecule has 2 aromatic rings. The molecule has 2 aromatic carbocycles. The van der Waals surface area contributed by atoms with Gasteiger partial charge in [0.15, 0.2) is 0 Å². The number of anilines is 2. The molecule has 0 saturated carbocycles. The van der Waals surface area contributed by atoms with Crippen molar-refractivity contribution < 1.29 is 4.79 Å².